The second-order valence-electron chi connectivity index (χ2n) is 3.91. The zero-order valence-electron chi connectivity index (χ0n) is 9.64. The molecule has 0 fully saturated rings. The Hall–Kier alpha value is -2.27. The van der Waals surface area contributed by atoms with Gasteiger partial charge in [0.05, 0.1) is 10.5 Å². The number of benzene rings is 2. The minimum absolute atomic E-state index is 0.0521. The van der Waals surface area contributed by atoms with E-state index in [-0.39, 0.29) is 5.02 Å². The van der Waals surface area contributed by atoms with Gasteiger partial charge in [0.15, 0.2) is 5.82 Å². The van der Waals surface area contributed by atoms with E-state index < -0.39 is 5.82 Å². The Balaban J connectivity index is 2.03. The zero-order valence-corrected chi connectivity index (χ0v) is 10.4. The van der Waals surface area contributed by atoms with Gasteiger partial charge in [-0.2, -0.15) is 0 Å². The summed E-state index contributed by atoms with van der Waals surface area (Å²) in [7, 11) is 0. The number of hydrogen-bond acceptors (Lipinski definition) is 4. The molecule has 0 atom stereocenters. The normalized spacial score (nSPS) is 10.6. The lowest BCUT2D eigenvalue weighted by Crippen LogP contribution is -1.99. The van der Waals surface area contributed by atoms with Crippen molar-refractivity contribution in [3.8, 4) is 0 Å². The van der Waals surface area contributed by atoms with Gasteiger partial charge in [0.1, 0.15) is 5.82 Å². The lowest BCUT2D eigenvalue weighted by atomic mass is 10.2. The minimum Gasteiger partial charge on any atom is -0.338 e. The van der Waals surface area contributed by atoms with Crippen LogP contribution in [0.15, 0.2) is 42.5 Å². The summed E-state index contributed by atoms with van der Waals surface area (Å²) in [6.45, 7) is 0. The van der Waals surface area contributed by atoms with Gasteiger partial charge in [-0.05, 0) is 35.5 Å². The summed E-state index contributed by atoms with van der Waals surface area (Å²) in [4.78, 5) is 0. The highest BCUT2D eigenvalue weighted by atomic mass is 35.5. The van der Waals surface area contributed by atoms with E-state index in [9.17, 15) is 4.39 Å². The molecule has 3 aromatic rings. The molecule has 0 bridgehead atoms. The first-order valence-corrected chi connectivity index (χ1v) is 5.92. The number of nitrogens with zero attached hydrogens (tertiary/aromatic N) is 3. The van der Waals surface area contributed by atoms with Gasteiger partial charge in [0.2, 0.25) is 0 Å². The maximum atomic E-state index is 13.1. The minimum atomic E-state index is -0.460. The van der Waals surface area contributed by atoms with Gasteiger partial charge in [0.25, 0.3) is 0 Å². The van der Waals surface area contributed by atoms with Crippen molar-refractivity contribution in [1.29, 1.82) is 0 Å². The SMILES string of the molecule is Fc1ccc(Nc2nnnc3ccccc23)cc1Cl. The number of halogens is 2. The molecule has 1 N–H and O–H groups in total. The van der Waals surface area contributed by atoms with Crippen LogP contribution in [0.4, 0.5) is 15.9 Å². The summed E-state index contributed by atoms with van der Waals surface area (Å²) < 4.78 is 13.1. The molecule has 0 spiro atoms. The molecule has 0 aliphatic heterocycles. The molecule has 0 radical (unpaired) electrons. The highest BCUT2D eigenvalue weighted by Gasteiger charge is 2.06. The van der Waals surface area contributed by atoms with Crippen LogP contribution in [0.2, 0.25) is 5.02 Å². The van der Waals surface area contributed by atoms with Crippen molar-refractivity contribution in [3.05, 3.63) is 53.3 Å². The van der Waals surface area contributed by atoms with Crippen LogP contribution in [0.25, 0.3) is 10.9 Å². The van der Waals surface area contributed by atoms with Gasteiger partial charge in [-0.3, -0.25) is 0 Å². The van der Waals surface area contributed by atoms with Gasteiger partial charge < -0.3 is 5.32 Å². The van der Waals surface area contributed by atoms with E-state index in [0.29, 0.717) is 11.5 Å². The first kappa shape index (κ1) is 11.8. The van der Waals surface area contributed by atoms with Crippen LogP contribution < -0.4 is 5.32 Å². The second kappa shape index (κ2) is 4.78. The topological polar surface area (TPSA) is 50.7 Å². The Bertz CT molecular complexity index is 742. The molecule has 1 heterocycles. The van der Waals surface area contributed by atoms with Crippen molar-refractivity contribution in [1.82, 2.24) is 15.4 Å². The van der Waals surface area contributed by atoms with Crippen molar-refractivity contribution in [3.63, 3.8) is 0 Å². The summed E-state index contributed by atoms with van der Waals surface area (Å²) in [5.74, 6) is 0.0890. The van der Waals surface area contributed by atoms with Gasteiger partial charge in [-0.25, -0.2) is 4.39 Å². The van der Waals surface area contributed by atoms with Crippen molar-refractivity contribution >= 4 is 34.0 Å². The zero-order chi connectivity index (χ0) is 13.2. The van der Waals surface area contributed by atoms with Gasteiger partial charge >= 0.3 is 0 Å². The highest BCUT2D eigenvalue weighted by molar-refractivity contribution is 6.31. The second-order valence-corrected chi connectivity index (χ2v) is 4.32. The molecular formula is C13H8ClFN4. The number of rotatable bonds is 2. The molecule has 0 unspecified atom stereocenters. The van der Waals surface area contributed by atoms with E-state index in [1.807, 2.05) is 24.3 Å². The fourth-order valence-electron chi connectivity index (χ4n) is 1.73. The van der Waals surface area contributed by atoms with Crippen LogP contribution in [-0.2, 0) is 0 Å². The number of fused-ring (bicyclic) bond motifs is 1. The molecule has 1 aromatic heterocycles. The highest BCUT2D eigenvalue weighted by Crippen LogP contribution is 2.25. The van der Waals surface area contributed by atoms with E-state index in [0.717, 1.165) is 10.9 Å². The molecule has 19 heavy (non-hydrogen) atoms. The first-order chi connectivity index (χ1) is 9.24. The maximum absolute atomic E-state index is 13.1. The number of aromatic nitrogens is 3. The van der Waals surface area contributed by atoms with E-state index in [2.05, 4.69) is 20.7 Å². The molecule has 0 aliphatic rings. The molecular weight excluding hydrogens is 267 g/mol. The third-order valence-corrected chi connectivity index (χ3v) is 2.93. The van der Waals surface area contributed by atoms with Crippen LogP contribution in [0.1, 0.15) is 0 Å². The maximum Gasteiger partial charge on any atom is 0.164 e. The molecule has 6 heteroatoms. The van der Waals surface area contributed by atoms with Crippen molar-refractivity contribution in [2.24, 2.45) is 0 Å². The van der Waals surface area contributed by atoms with E-state index in [4.69, 9.17) is 11.6 Å². The quantitative estimate of drug-likeness (QED) is 0.776. The number of nitrogens with one attached hydrogen (secondary N) is 1. The predicted octanol–water partition coefficient (Wildman–Crippen LogP) is 3.56. The van der Waals surface area contributed by atoms with Gasteiger partial charge in [-0.15, -0.1) is 10.2 Å². The Morgan fingerprint density at radius 1 is 1.05 bits per heavy atom. The molecule has 94 valence electrons. The lowest BCUT2D eigenvalue weighted by molar-refractivity contribution is 0.628. The Kier molecular flexibility index (Phi) is 2.97. The summed E-state index contributed by atoms with van der Waals surface area (Å²) in [6, 6.07) is 11.8. The van der Waals surface area contributed by atoms with Gasteiger partial charge in [0, 0.05) is 11.1 Å². The Morgan fingerprint density at radius 2 is 1.89 bits per heavy atom. The third-order valence-electron chi connectivity index (χ3n) is 2.64. The standard InChI is InChI=1S/C13H8ClFN4/c14-10-7-8(5-6-11(10)15)16-13-9-3-1-2-4-12(9)17-19-18-13/h1-7H,(H,16,17,18). The van der Waals surface area contributed by atoms with Crippen molar-refractivity contribution < 1.29 is 4.39 Å². The lowest BCUT2D eigenvalue weighted by Gasteiger charge is -2.07. The predicted molar refractivity (Wildman–Crippen MR) is 72.0 cm³/mol. The molecule has 0 saturated carbocycles. The smallest absolute Gasteiger partial charge is 0.164 e. The molecule has 0 saturated heterocycles. The number of hydrogen-bond donors (Lipinski definition) is 1. The molecule has 0 amide bonds. The molecule has 4 nitrogen and oxygen atoms in total. The average Bonchev–Trinajstić information content (AvgIpc) is 2.43. The monoisotopic (exact) mass is 274 g/mol. The van der Waals surface area contributed by atoms with Crippen molar-refractivity contribution in [2.75, 3.05) is 5.32 Å². The summed E-state index contributed by atoms with van der Waals surface area (Å²) in [5, 5.41) is 15.5. The first-order valence-electron chi connectivity index (χ1n) is 5.54. The molecule has 3 rings (SSSR count). The molecule has 2 aromatic carbocycles. The van der Waals surface area contributed by atoms with Gasteiger partial charge in [-0.1, -0.05) is 23.7 Å². The summed E-state index contributed by atoms with van der Waals surface area (Å²) in [6.07, 6.45) is 0. The van der Waals surface area contributed by atoms with Crippen molar-refractivity contribution in [2.45, 2.75) is 0 Å². The van der Waals surface area contributed by atoms with Crippen LogP contribution in [0, 0.1) is 5.82 Å². The number of anilines is 2. The summed E-state index contributed by atoms with van der Waals surface area (Å²) in [5.41, 5.74) is 1.37. The van der Waals surface area contributed by atoms with Crippen LogP contribution in [-0.4, -0.2) is 15.4 Å². The van der Waals surface area contributed by atoms with Crippen LogP contribution in [0.5, 0.6) is 0 Å². The van der Waals surface area contributed by atoms with E-state index >= 15 is 0 Å². The Morgan fingerprint density at radius 3 is 2.74 bits per heavy atom. The average molecular weight is 275 g/mol. The largest absolute Gasteiger partial charge is 0.338 e. The van der Waals surface area contributed by atoms with Crippen LogP contribution in [0.3, 0.4) is 0 Å². The van der Waals surface area contributed by atoms with E-state index in [1.54, 1.807) is 6.07 Å². The Labute approximate surface area is 113 Å². The third kappa shape index (κ3) is 2.32. The fourth-order valence-corrected chi connectivity index (χ4v) is 1.91. The van der Waals surface area contributed by atoms with E-state index in [1.165, 1.54) is 12.1 Å². The van der Waals surface area contributed by atoms with Crippen LogP contribution >= 0.6 is 11.6 Å². The summed E-state index contributed by atoms with van der Waals surface area (Å²) >= 11 is 5.73. The fraction of sp³-hybridized carbons (Fsp3) is 0. The molecule has 0 aliphatic carbocycles.